The number of rotatable bonds is 1. The molecule has 1 aliphatic rings. The number of aromatic nitrogens is 1. The molecule has 0 amide bonds. The number of hydrogen-bond acceptors (Lipinski definition) is 2. The van der Waals surface area contributed by atoms with Crippen LogP contribution < -0.4 is 0 Å². The van der Waals surface area contributed by atoms with E-state index in [2.05, 4.69) is 11.9 Å². The molecule has 0 aliphatic heterocycles. The van der Waals surface area contributed by atoms with Crippen molar-refractivity contribution in [3.05, 3.63) is 17.8 Å². The molecule has 1 aliphatic carbocycles. The van der Waals surface area contributed by atoms with Crippen molar-refractivity contribution >= 4 is 0 Å². The van der Waals surface area contributed by atoms with Crippen molar-refractivity contribution in [1.29, 1.82) is 0 Å². The van der Waals surface area contributed by atoms with Gasteiger partial charge in [-0.25, -0.2) is 4.98 Å². The Hall–Kier alpha value is -0.790. The molecule has 0 atom stereocenters. The molecule has 0 N–H and O–H groups in total. The van der Waals surface area contributed by atoms with Crippen LogP contribution in [0.25, 0.3) is 0 Å². The molecule has 0 bridgehead atoms. The second-order valence-electron chi connectivity index (χ2n) is 4.27. The zero-order valence-electron chi connectivity index (χ0n) is 12.4. The van der Waals surface area contributed by atoms with E-state index in [0.717, 1.165) is 17.6 Å². The summed E-state index contributed by atoms with van der Waals surface area (Å²) in [6.45, 7) is 12.3. The van der Waals surface area contributed by atoms with Crippen LogP contribution in [0, 0.1) is 12.8 Å². The molecule has 1 fully saturated rings. The largest absolute Gasteiger partial charge is 0.446 e. The van der Waals surface area contributed by atoms with Gasteiger partial charge in [-0.05, 0) is 38.5 Å². The summed E-state index contributed by atoms with van der Waals surface area (Å²) in [6, 6.07) is 0. The third-order valence-electron chi connectivity index (χ3n) is 3.00. The van der Waals surface area contributed by atoms with E-state index in [1.807, 2.05) is 40.8 Å². The second kappa shape index (κ2) is 9.26. The summed E-state index contributed by atoms with van der Waals surface area (Å²) >= 11 is 0. The molecule has 100 valence electrons. The number of aryl methyl sites for hydroxylation is 1. The van der Waals surface area contributed by atoms with Gasteiger partial charge in [0.2, 0.25) is 0 Å². The average molecular weight is 239 g/mol. The first-order valence-corrected chi connectivity index (χ1v) is 7.18. The van der Waals surface area contributed by atoms with Gasteiger partial charge in [0.1, 0.15) is 5.76 Å². The van der Waals surface area contributed by atoms with E-state index >= 15 is 0 Å². The van der Waals surface area contributed by atoms with Crippen LogP contribution >= 0.6 is 0 Å². The summed E-state index contributed by atoms with van der Waals surface area (Å²) in [5.41, 5.74) is 0. The Morgan fingerprint density at radius 1 is 1.06 bits per heavy atom. The molecular formula is C15H29NO. The predicted molar refractivity (Wildman–Crippen MR) is 74.3 cm³/mol. The minimum atomic E-state index is 0.588. The lowest BCUT2D eigenvalue weighted by molar-refractivity contribution is 0.304. The van der Waals surface area contributed by atoms with Crippen LogP contribution in [0.1, 0.15) is 77.9 Å². The van der Waals surface area contributed by atoms with Gasteiger partial charge in [0, 0.05) is 5.92 Å². The van der Waals surface area contributed by atoms with Gasteiger partial charge >= 0.3 is 0 Å². The van der Waals surface area contributed by atoms with E-state index in [1.165, 1.54) is 25.7 Å². The third kappa shape index (κ3) is 5.38. The maximum absolute atomic E-state index is 5.55. The standard InChI is InChI=1S/C11H17NO.2C2H6/c1-8-3-5-10(6-4-8)11-12-7-9(2)13-11;2*1-2/h7-8,10H,3-6H2,1-2H3;2*1-2H3. The van der Waals surface area contributed by atoms with Gasteiger partial charge < -0.3 is 4.42 Å². The smallest absolute Gasteiger partial charge is 0.197 e. The molecule has 0 unspecified atom stereocenters. The van der Waals surface area contributed by atoms with Crippen LogP contribution in [-0.2, 0) is 0 Å². The van der Waals surface area contributed by atoms with Gasteiger partial charge in [0.05, 0.1) is 6.20 Å². The van der Waals surface area contributed by atoms with Crippen LogP contribution in [0.5, 0.6) is 0 Å². The highest BCUT2D eigenvalue weighted by Crippen LogP contribution is 2.34. The summed E-state index contributed by atoms with van der Waals surface area (Å²) < 4.78 is 5.55. The van der Waals surface area contributed by atoms with E-state index in [1.54, 1.807) is 0 Å². The predicted octanol–water partition coefficient (Wildman–Crippen LogP) is 5.33. The van der Waals surface area contributed by atoms with Gasteiger partial charge in [-0.2, -0.15) is 0 Å². The second-order valence-corrected chi connectivity index (χ2v) is 4.27. The first-order chi connectivity index (χ1) is 8.25. The number of hydrogen-bond donors (Lipinski definition) is 0. The summed E-state index contributed by atoms with van der Waals surface area (Å²) in [6.07, 6.45) is 6.98. The van der Waals surface area contributed by atoms with Crippen molar-refractivity contribution in [2.24, 2.45) is 5.92 Å². The van der Waals surface area contributed by atoms with E-state index < -0.39 is 0 Å². The van der Waals surface area contributed by atoms with Crippen molar-refractivity contribution < 1.29 is 4.42 Å². The fourth-order valence-corrected chi connectivity index (χ4v) is 2.07. The van der Waals surface area contributed by atoms with E-state index in [-0.39, 0.29) is 0 Å². The Kier molecular flexibility index (Phi) is 8.83. The summed E-state index contributed by atoms with van der Waals surface area (Å²) in [7, 11) is 0. The molecule has 1 aromatic heterocycles. The minimum Gasteiger partial charge on any atom is -0.446 e. The maximum Gasteiger partial charge on any atom is 0.197 e. The van der Waals surface area contributed by atoms with Crippen LogP contribution in [0.2, 0.25) is 0 Å². The first-order valence-electron chi connectivity index (χ1n) is 7.18. The quantitative estimate of drug-likeness (QED) is 0.662. The Morgan fingerprint density at radius 2 is 1.59 bits per heavy atom. The molecular weight excluding hydrogens is 210 g/mol. The third-order valence-corrected chi connectivity index (χ3v) is 3.00. The first kappa shape index (κ1) is 16.2. The van der Waals surface area contributed by atoms with E-state index in [4.69, 9.17) is 4.42 Å². The zero-order valence-corrected chi connectivity index (χ0v) is 12.4. The lowest BCUT2D eigenvalue weighted by atomic mass is 9.83. The molecule has 0 spiro atoms. The lowest BCUT2D eigenvalue weighted by Crippen LogP contribution is -2.10. The van der Waals surface area contributed by atoms with Crippen molar-refractivity contribution in [3.63, 3.8) is 0 Å². The lowest BCUT2D eigenvalue weighted by Gasteiger charge is -2.23. The van der Waals surface area contributed by atoms with Crippen LogP contribution in [0.15, 0.2) is 10.6 Å². The highest BCUT2D eigenvalue weighted by Gasteiger charge is 2.22. The fraction of sp³-hybridized carbons (Fsp3) is 0.800. The molecule has 0 aromatic carbocycles. The maximum atomic E-state index is 5.55. The monoisotopic (exact) mass is 239 g/mol. The van der Waals surface area contributed by atoms with Gasteiger partial charge in [0.15, 0.2) is 5.89 Å². The molecule has 2 rings (SSSR count). The molecule has 17 heavy (non-hydrogen) atoms. The number of oxazole rings is 1. The Morgan fingerprint density at radius 3 is 2.00 bits per heavy atom. The zero-order chi connectivity index (χ0) is 13.3. The molecule has 1 saturated carbocycles. The molecule has 0 radical (unpaired) electrons. The molecule has 2 heteroatoms. The minimum absolute atomic E-state index is 0.588. The van der Waals surface area contributed by atoms with Crippen molar-refractivity contribution in [1.82, 2.24) is 4.98 Å². The topological polar surface area (TPSA) is 26.0 Å². The van der Waals surface area contributed by atoms with E-state index in [9.17, 15) is 0 Å². The van der Waals surface area contributed by atoms with Crippen molar-refractivity contribution in [2.75, 3.05) is 0 Å². The normalized spacial score (nSPS) is 22.9. The Labute approximate surface area is 107 Å². The van der Waals surface area contributed by atoms with Gasteiger partial charge in [-0.3, -0.25) is 0 Å². The van der Waals surface area contributed by atoms with Gasteiger partial charge in [-0.15, -0.1) is 0 Å². The summed E-state index contributed by atoms with van der Waals surface area (Å²) in [5, 5.41) is 0. The van der Waals surface area contributed by atoms with Gasteiger partial charge in [-0.1, -0.05) is 34.6 Å². The summed E-state index contributed by atoms with van der Waals surface area (Å²) in [5.74, 6) is 3.38. The molecule has 0 saturated heterocycles. The highest BCUT2D eigenvalue weighted by molar-refractivity contribution is 4.98. The summed E-state index contributed by atoms with van der Waals surface area (Å²) in [4.78, 5) is 4.30. The van der Waals surface area contributed by atoms with E-state index in [0.29, 0.717) is 5.92 Å². The van der Waals surface area contributed by atoms with Gasteiger partial charge in [0.25, 0.3) is 0 Å². The van der Waals surface area contributed by atoms with Crippen LogP contribution in [-0.4, -0.2) is 4.98 Å². The SMILES string of the molecule is CC.CC.Cc1cnc(C2CCC(C)CC2)o1. The Balaban J connectivity index is 0.000000581. The van der Waals surface area contributed by atoms with Crippen LogP contribution in [0.4, 0.5) is 0 Å². The Bertz CT molecular complexity index is 272. The average Bonchev–Trinajstić information content (AvgIpc) is 2.82. The van der Waals surface area contributed by atoms with Crippen molar-refractivity contribution in [2.45, 2.75) is 73.1 Å². The van der Waals surface area contributed by atoms with Crippen molar-refractivity contribution in [3.8, 4) is 0 Å². The highest BCUT2D eigenvalue weighted by atomic mass is 16.4. The number of nitrogens with zero attached hydrogens (tertiary/aromatic N) is 1. The van der Waals surface area contributed by atoms with Crippen LogP contribution in [0.3, 0.4) is 0 Å². The molecule has 1 aromatic rings. The molecule has 1 heterocycles. The molecule has 2 nitrogen and oxygen atoms in total. The fourth-order valence-electron chi connectivity index (χ4n) is 2.07.